The fourth-order valence-electron chi connectivity index (χ4n) is 2.86. The van der Waals surface area contributed by atoms with Crippen LogP contribution in [0, 0.1) is 0 Å². The third-order valence-corrected chi connectivity index (χ3v) is 5.30. The van der Waals surface area contributed by atoms with E-state index in [1.165, 1.54) is 5.56 Å². The molecule has 4 heteroatoms. The van der Waals surface area contributed by atoms with Crippen LogP contribution in [0.3, 0.4) is 0 Å². The second kappa shape index (κ2) is 6.49. The molecule has 0 atom stereocenters. The van der Waals surface area contributed by atoms with Crippen LogP contribution in [-0.2, 0) is 13.0 Å². The lowest BCUT2D eigenvalue weighted by molar-refractivity contribution is 0.0958. The summed E-state index contributed by atoms with van der Waals surface area (Å²) in [6, 6.07) is 20.1. The Hall–Kier alpha value is -2.59. The van der Waals surface area contributed by atoms with Gasteiger partial charge < -0.3 is 10.1 Å². The zero-order chi connectivity index (χ0) is 16.4. The van der Waals surface area contributed by atoms with E-state index < -0.39 is 0 Å². The Morgan fingerprint density at radius 1 is 1.08 bits per heavy atom. The predicted molar refractivity (Wildman–Crippen MR) is 96.6 cm³/mol. The zero-order valence-electron chi connectivity index (χ0n) is 13.1. The first-order valence-electron chi connectivity index (χ1n) is 7.98. The van der Waals surface area contributed by atoms with E-state index in [1.807, 2.05) is 48.5 Å². The molecule has 0 saturated carbocycles. The summed E-state index contributed by atoms with van der Waals surface area (Å²) in [5, 5.41) is 3.01. The maximum atomic E-state index is 12.4. The number of carbonyl (C=O) groups excluding carboxylic acids is 1. The first-order valence-corrected chi connectivity index (χ1v) is 8.80. The summed E-state index contributed by atoms with van der Waals surface area (Å²) in [7, 11) is 0. The standard InChI is InChI=1S/C20H17NO2S/c22-20(21-11-10-14-6-2-1-3-7-14)18-12-15-13-23-17-9-5-4-8-16(17)19(15)24-18/h1-9,12H,10-11,13H2,(H,21,22). The van der Waals surface area contributed by atoms with Gasteiger partial charge in [0.25, 0.3) is 5.91 Å². The lowest BCUT2D eigenvalue weighted by atomic mass is 10.1. The van der Waals surface area contributed by atoms with Crippen LogP contribution in [0.4, 0.5) is 0 Å². The van der Waals surface area contributed by atoms with Gasteiger partial charge in [-0.15, -0.1) is 11.3 Å². The van der Waals surface area contributed by atoms with Gasteiger partial charge in [0.15, 0.2) is 0 Å². The first kappa shape index (κ1) is 15.0. The monoisotopic (exact) mass is 335 g/mol. The molecule has 3 aromatic rings. The topological polar surface area (TPSA) is 38.3 Å². The molecular formula is C20H17NO2S. The normalized spacial score (nSPS) is 12.0. The van der Waals surface area contributed by atoms with Crippen LogP contribution in [0.1, 0.15) is 20.8 Å². The molecule has 120 valence electrons. The van der Waals surface area contributed by atoms with E-state index in [9.17, 15) is 4.79 Å². The van der Waals surface area contributed by atoms with E-state index in [-0.39, 0.29) is 5.91 Å². The summed E-state index contributed by atoms with van der Waals surface area (Å²) in [4.78, 5) is 14.3. The van der Waals surface area contributed by atoms with Crippen LogP contribution in [0.2, 0.25) is 0 Å². The number of para-hydroxylation sites is 1. The zero-order valence-corrected chi connectivity index (χ0v) is 13.9. The van der Waals surface area contributed by atoms with Gasteiger partial charge in [0, 0.05) is 22.5 Å². The molecule has 24 heavy (non-hydrogen) atoms. The van der Waals surface area contributed by atoms with Gasteiger partial charge in [-0.25, -0.2) is 0 Å². The highest BCUT2D eigenvalue weighted by Crippen LogP contribution is 2.42. The summed E-state index contributed by atoms with van der Waals surface area (Å²) in [6.07, 6.45) is 0.837. The molecule has 0 saturated heterocycles. The second-order valence-electron chi connectivity index (χ2n) is 5.74. The Kier molecular flexibility index (Phi) is 4.05. The van der Waals surface area contributed by atoms with E-state index in [0.717, 1.165) is 33.1 Å². The summed E-state index contributed by atoms with van der Waals surface area (Å²) >= 11 is 1.54. The summed E-state index contributed by atoms with van der Waals surface area (Å²) in [6.45, 7) is 1.17. The molecule has 0 spiro atoms. The lowest BCUT2D eigenvalue weighted by Gasteiger charge is -2.16. The van der Waals surface area contributed by atoms with E-state index in [2.05, 4.69) is 17.4 Å². The number of carbonyl (C=O) groups is 1. The molecule has 1 amide bonds. The number of ether oxygens (including phenoxy) is 1. The molecule has 2 heterocycles. The molecule has 4 rings (SSSR count). The Labute approximate surface area is 144 Å². The van der Waals surface area contributed by atoms with E-state index in [1.54, 1.807) is 11.3 Å². The minimum Gasteiger partial charge on any atom is -0.488 e. The largest absolute Gasteiger partial charge is 0.488 e. The number of fused-ring (bicyclic) bond motifs is 3. The van der Waals surface area contributed by atoms with Gasteiger partial charge >= 0.3 is 0 Å². The highest BCUT2D eigenvalue weighted by molar-refractivity contribution is 7.17. The molecule has 3 nitrogen and oxygen atoms in total. The predicted octanol–water partition coefficient (Wildman–Crippen LogP) is 4.28. The van der Waals surface area contributed by atoms with Crippen molar-refractivity contribution in [2.45, 2.75) is 13.0 Å². The number of thiophene rings is 1. The second-order valence-corrected chi connectivity index (χ2v) is 6.79. The van der Waals surface area contributed by atoms with E-state index >= 15 is 0 Å². The van der Waals surface area contributed by atoms with Crippen molar-refractivity contribution in [3.63, 3.8) is 0 Å². The molecule has 1 aliphatic heterocycles. The van der Waals surface area contributed by atoms with Crippen LogP contribution < -0.4 is 10.1 Å². The molecule has 0 aliphatic carbocycles. The van der Waals surface area contributed by atoms with Crippen LogP contribution in [-0.4, -0.2) is 12.5 Å². The highest BCUT2D eigenvalue weighted by Gasteiger charge is 2.22. The van der Waals surface area contributed by atoms with Crippen LogP contribution in [0.5, 0.6) is 5.75 Å². The summed E-state index contributed by atoms with van der Waals surface area (Å²) in [5.74, 6) is 0.880. The molecule has 0 radical (unpaired) electrons. The number of benzene rings is 2. The molecule has 1 aliphatic rings. The number of amides is 1. The minimum atomic E-state index is -0.0113. The van der Waals surface area contributed by atoms with Crippen molar-refractivity contribution in [2.75, 3.05) is 6.54 Å². The minimum absolute atomic E-state index is 0.0113. The average molecular weight is 335 g/mol. The molecule has 0 unspecified atom stereocenters. The van der Waals surface area contributed by atoms with Crippen molar-refractivity contribution < 1.29 is 9.53 Å². The lowest BCUT2D eigenvalue weighted by Crippen LogP contribution is -2.24. The fraction of sp³-hybridized carbons (Fsp3) is 0.150. The number of rotatable bonds is 4. The van der Waals surface area contributed by atoms with Gasteiger partial charge in [0.1, 0.15) is 12.4 Å². The average Bonchev–Trinajstić information content (AvgIpc) is 3.07. The quantitative estimate of drug-likeness (QED) is 0.773. The highest BCUT2D eigenvalue weighted by atomic mass is 32.1. The van der Waals surface area contributed by atoms with E-state index in [0.29, 0.717) is 13.2 Å². The van der Waals surface area contributed by atoms with Crippen molar-refractivity contribution in [1.82, 2.24) is 5.32 Å². The van der Waals surface area contributed by atoms with Gasteiger partial charge in [-0.3, -0.25) is 4.79 Å². The van der Waals surface area contributed by atoms with Crippen LogP contribution >= 0.6 is 11.3 Å². The fourth-order valence-corrected chi connectivity index (χ4v) is 3.98. The maximum absolute atomic E-state index is 12.4. The Balaban J connectivity index is 1.46. The van der Waals surface area contributed by atoms with Gasteiger partial charge in [0.2, 0.25) is 0 Å². The van der Waals surface area contributed by atoms with E-state index in [4.69, 9.17) is 4.74 Å². The summed E-state index contributed by atoms with van der Waals surface area (Å²) < 4.78 is 5.76. The number of hydrogen-bond donors (Lipinski definition) is 1. The smallest absolute Gasteiger partial charge is 0.261 e. The molecule has 1 N–H and O–H groups in total. The molecule has 2 aromatic carbocycles. The molecule has 0 bridgehead atoms. The number of hydrogen-bond acceptors (Lipinski definition) is 3. The van der Waals surface area contributed by atoms with Gasteiger partial charge in [0.05, 0.1) is 4.88 Å². The third kappa shape index (κ3) is 2.93. The third-order valence-electron chi connectivity index (χ3n) is 4.09. The van der Waals surface area contributed by atoms with Gasteiger partial charge in [-0.2, -0.15) is 0 Å². The Morgan fingerprint density at radius 3 is 2.75 bits per heavy atom. The van der Waals surface area contributed by atoms with Gasteiger partial charge in [-0.1, -0.05) is 42.5 Å². The Morgan fingerprint density at radius 2 is 1.88 bits per heavy atom. The van der Waals surface area contributed by atoms with Crippen LogP contribution in [0.15, 0.2) is 60.7 Å². The van der Waals surface area contributed by atoms with Crippen LogP contribution in [0.25, 0.3) is 10.4 Å². The van der Waals surface area contributed by atoms with Crippen molar-refractivity contribution in [3.8, 4) is 16.2 Å². The summed E-state index contributed by atoms with van der Waals surface area (Å²) in [5.41, 5.74) is 3.39. The first-order chi connectivity index (χ1) is 11.8. The number of nitrogens with one attached hydrogen (secondary N) is 1. The molecule has 0 fully saturated rings. The SMILES string of the molecule is O=C(NCCc1ccccc1)c1cc2c(s1)-c1ccccc1OC2. The van der Waals surface area contributed by atoms with Crippen molar-refractivity contribution >= 4 is 17.2 Å². The molecule has 1 aromatic heterocycles. The van der Waals surface area contributed by atoms with Crippen molar-refractivity contribution in [1.29, 1.82) is 0 Å². The van der Waals surface area contributed by atoms with Crippen molar-refractivity contribution in [3.05, 3.63) is 76.7 Å². The molecular weight excluding hydrogens is 318 g/mol. The maximum Gasteiger partial charge on any atom is 0.261 e. The van der Waals surface area contributed by atoms with Crippen molar-refractivity contribution in [2.24, 2.45) is 0 Å². The Bertz CT molecular complexity index is 870. The van der Waals surface area contributed by atoms with Gasteiger partial charge in [-0.05, 0) is 30.2 Å².